The van der Waals surface area contributed by atoms with E-state index in [1.54, 1.807) is 64.0 Å². The van der Waals surface area contributed by atoms with Crippen molar-refractivity contribution in [2.75, 3.05) is 67.1 Å². The molecule has 17 rings (SSSR count). The van der Waals surface area contributed by atoms with Gasteiger partial charge in [-0.15, -0.1) is 0 Å². The molecule has 11 heterocycles. The van der Waals surface area contributed by atoms with E-state index in [0.29, 0.717) is 91.0 Å². The number of carboxylic acids is 1. The number of fused-ring (bicyclic) bond motifs is 5. The zero-order valence-electron chi connectivity index (χ0n) is 56.2. The van der Waals surface area contributed by atoms with Crippen LogP contribution in [0.3, 0.4) is 0 Å². The normalized spacial score (nSPS) is 15.4. The highest BCUT2D eigenvalue weighted by Gasteiger charge is 2.32. The van der Waals surface area contributed by atoms with Gasteiger partial charge in [-0.1, -0.05) is 36.4 Å². The smallest absolute Gasteiger partial charge is 0.341 e. The second-order valence-corrected chi connectivity index (χ2v) is 24.6. The first-order chi connectivity index (χ1) is 50.6. The van der Waals surface area contributed by atoms with Crippen LogP contribution in [-0.2, 0) is 0 Å². The highest BCUT2D eigenvalue weighted by atomic mass is 19.1. The number of nitriles is 1. The summed E-state index contributed by atoms with van der Waals surface area (Å²) in [5, 5.41) is 30.8. The van der Waals surface area contributed by atoms with Crippen LogP contribution in [0.2, 0.25) is 0 Å². The van der Waals surface area contributed by atoms with E-state index in [4.69, 9.17) is 64.0 Å². The number of carboxylic acid groups (broad SMARTS) is 1. The number of nitrogens with one attached hydrogen (secondary N) is 2. The summed E-state index contributed by atoms with van der Waals surface area (Å²) in [4.78, 5) is 55.4. The number of nitrogens with zero attached hydrogens (tertiary/aromatic N) is 17. The van der Waals surface area contributed by atoms with E-state index in [1.165, 1.54) is 80.6 Å². The number of aromatic carboxylic acids is 1. The number of hydrogen-bond donors (Lipinski definition) is 5. The molecule has 0 saturated carbocycles. The first-order valence-electron chi connectivity index (χ1n) is 33.0. The molecule has 520 valence electrons. The van der Waals surface area contributed by atoms with E-state index in [0.717, 1.165) is 109 Å². The minimum absolute atomic E-state index is 0.0781. The summed E-state index contributed by atoms with van der Waals surface area (Å²) in [6.45, 7) is 17.3. The summed E-state index contributed by atoms with van der Waals surface area (Å²) >= 11 is 0. The Morgan fingerprint density at radius 3 is 1.28 bits per heavy atom. The average Bonchev–Trinajstić information content (AvgIpc) is 1.59. The number of benzene rings is 6. The number of anilines is 5. The van der Waals surface area contributed by atoms with Gasteiger partial charge in [0.05, 0.1) is 121 Å². The number of halogens is 3. The summed E-state index contributed by atoms with van der Waals surface area (Å²) in [6.07, 6.45) is 16.3. The van der Waals surface area contributed by atoms with E-state index in [-0.39, 0.29) is 41.1 Å². The Morgan fingerprint density at radius 1 is 0.529 bits per heavy atom. The number of methoxy groups -OCH3 is 3. The molecule has 6 aromatic carbocycles. The average molecular weight is 1400 g/mol. The molecule has 3 aliphatic rings. The van der Waals surface area contributed by atoms with Gasteiger partial charge in [-0.2, -0.15) is 20.6 Å². The van der Waals surface area contributed by atoms with Gasteiger partial charge >= 0.3 is 5.97 Å². The zero-order valence-corrected chi connectivity index (χ0v) is 56.2. The number of hydrogen-bond acceptors (Lipinski definition) is 18. The Morgan fingerprint density at radius 2 is 0.904 bits per heavy atom. The first kappa shape index (κ1) is 67.4. The number of carbonyl (C=O) groups is 1. The maximum atomic E-state index is 13.4. The van der Waals surface area contributed by atoms with E-state index in [1.807, 2.05) is 60.9 Å². The lowest BCUT2D eigenvalue weighted by molar-refractivity contribution is 0.0698. The maximum Gasteiger partial charge on any atom is 0.341 e. The summed E-state index contributed by atoms with van der Waals surface area (Å²) < 4.78 is 60.5. The van der Waals surface area contributed by atoms with Gasteiger partial charge in [0.2, 0.25) is 11.4 Å². The van der Waals surface area contributed by atoms with Gasteiger partial charge in [0.1, 0.15) is 75.4 Å². The molecule has 0 bridgehead atoms. The Bertz CT molecular complexity index is 5440. The molecule has 14 aromatic rings. The molecule has 3 saturated heterocycles. The molecular weight excluding hydrogens is 1330 g/mol. The second kappa shape index (κ2) is 28.8. The Hall–Kier alpha value is -13.8. The van der Waals surface area contributed by atoms with E-state index < -0.39 is 5.97 Å². The number of ether oxygens (including phenoxy) is 3. The maximum absolute atomic E-state index is 13.4. The van der Waals surface area contributed by atoms with Crippen molar-refractivity contribution in [3.8, 4) is 46.1 Å². The van der Waals surface area contributed by atoms with Crippen LogP contribution >= 0.6 is 0 Å². The third-order valence-corrected chi connectivity index (χ3v) is 18.5. The number of aromatic amines is 2. The fourth-order valence-electron chi connectivity index (χ4n) is 13.4. The van der Waals surface area contributed by atoms with Gasteiger partial charge in [0.15, 0.2) is 16.9 Å². The molecule has 0 radical (unpaired) electrons. The van der Waals surface area contributed by atoms with Crippen LogP contribution in [0.25, 0.3) is 71.5 Å². The van der Waals surface area contributed by atoms with Crippen LogP contribution in [0.5, 0.6) is 17.2 Å². The van der Waals surface area contributed by atoms with Crippen molar-refractivity contribution < 1.29 is 37.3 Å². The molecule has 26 nitrogen and oxygen atoms in total. The molecule has 29 heteroatoms. The number of nitrogen functional groups attached to an aromatic ring is 2. The van der Waals surface area contributed by atoms with Crippen molar-refractivity contribution in [1.29, 1.82) is 5.26 Å². The number of aromatic nitrogens is 13. The standard InChI is InChI=1S/2C25H20FN7O.C17H15FN4O2.C8H9N3O/c2*1-27-20-12-18-19(13-22(20)34-2)30-24(29-18)17-14-28-33-11-9-23(31-25(17)33)32-10-3-4-21(32)15-5-7-16(26)8-6-15;18-12-5-3-11(4-6-12)14-2-1-8-21(14)15-7-9-22-16(20-15)13(10-19-22)17(23)24;1-12-8-3-7(11)6(10)2-5(8)4-9/h2*5-9,11-14,21H,3-4,10H2,2H3,(H,29,30);3-7,9-10,14H,1-2,8H2,(H,23,24);2-3H,10-11H2,1H3/t2*21-;14-;/m111./s1. The molecule has 0 amide bonds. The van der Waals surface area contributed by atoms with Crippen molar-refractivity contribution in [2.24, 2.45) is 0 Å². The van der Waals surface area contributed by atoms with Crippen LogP contribution in [0.4, 0.5) is 53.4 Å². The third kappa shape index (κ3) is 13.4. The predicted octanol–water partition coefficient (Wildman–Crippen LogP) is 14.3. The number of rotatable bonds is 12. The molecule has 3 fully saturated rings. The Kier molecular flexibility index (Phi) is 18.7. The van der Waals surface area contributed by atoms with Crippen LogP contribution in [0, 0.1) is 41.9 Å². The van der Waals surface area contributed by atoms with Crippen molar-refractivity contribution in [1.82, 2.24) is 63.7 Å². The second-order valence-electron chi connectivity index (χ2n) is 24.6. The van der Waals surface area contributed by atoms with Gasteiger partial charge in [-0.3, -0.25) is 0 Å². The largest absolute Gasteiger partial charge is 0.508 e. The van der Waals surface area contributed by atoms with E-state index in [2.05, 4.69) is 54.6 Å². The minimum Gasteiger partial charge on any atom is -0.508 e. The van der Waals surface area contributed by atoms with Crippen LogP contribution in [-0.4, -0.2) is 116 Å². The van der Waals surface area contributed by atoms with Gasteiger partial charge in [-0.25, -0.2) is 66.1 Å². The molecule has 3 aliphatic heterocycles. The van der Waals surface area contributed by atoms with Crippen molar-refractivity contribution in [2.45, 2.75) is 56.7 Å². The lowest BCUT2D eigenvalue weighted by Crippen LogP contribution is -2.23. The number of imidazole rings is 2. The van der Waals surface area contributed by atoms with Crippen molar-refractivity contribution >= 4 is 85.2 Å². The summed E-state index contributed by atoms with van der Waals surface area (Å²) in [6, 6.07) is 38.0. The summed E-state index contributed by atoms with van der Waals surface area (Å²) in [5.41, 5.74) is 22.4. The molecule has 0 spiro atoms. The van der Waals surface area contributed by atoms with Gasteiger partial charge in [-0.05, 0) is 140 Å². The highest BCUT2D eigenvalue weighted by molar-refractivity contribution is 5.94. The van der Waals surface area contributed by atoms with Crippen LogP contribution < -0.4 is 40.4 Å². The SMILES string of the molecule is COc1cc(N)c(N)cc1C#N.O=C(O)c1cnn2ccc(N3CCC[C@@H]3c3ccc(F)cc3)nc12.[C-]#[N+]c1cc2[nH]c(-c3cnn4ccc(N5CCC[C@@H]5c5ccc(F)cc5)nc34)nc2cc1OC.[C-]#[N+]c1cc2[nH]c(-c3cnn4ccc(N5CCC[C@@H]5c5ccc(F)cc5)nc34)nc2cc1OC. The molecule has 7 N–H and O–H groups in total. The summed E-state index contributed by atoms with van der Waals surface area (Å²) in [5.74, 6) is 3.28. The zero-order chi connectivity index (χ0) is 72.3. The van der Waals surface area contributed by atoms with E-state index >= 15 is 0 Å². The molecular formula is C75H64F3N21O5. The summed E-state index contributed by atoms with van der Waals surface area (Å²) in [7, 11) is 4.56. The Balaban J connectivity index is 0.000000123. The van der Waals surface area contributed by atoms with Crippen LogP contribution in [0.15, 0.2) is 165 Å². The predicted molar refractivity (Wildman–Crippen MR) is 385 cm³/mol. The minimum atomic E-state index is -1.05. The lowest BCUT2D eigenvalue weighted by atomic mass is 10.0. The number of nitrogens with two attached hydrogens (primary N) is 2. The third-order valence-electron chi connectivity index (χ3n) is 18.5. The van der Waals surface area contributed by atoms with Gasteiger partial charge in [0, 0.05) is 44.3 Å². The lowest BCUT2D eigenvalue weighted by Gasteiger charge is -2.26. The molecule has 104 heavy (non-hydrogen) atoms. The highest BCUT2D eigenvalue weighted by Crippen LogP contribution is 2.41. The molecule has 0 aliphatic carbocycles. The monoisotopic (exact) mass is 1400 g/mol. The van der Waals surface area contributed by atoms with E-state index in [9.17, 15) is 23.1 Å². The molecule has 3 atom stereocenters. The topological polar surface area (TPSA) is 307 Å². The number of H-pyrrole nitrogens is 2. The molecule has 0 unspecified atom stereocenters. The van der Waals surface area contributed by atoms with Crippen LogP contribution in [0.1, 0.15) is 89.3 Å². The first-order valence-corrected chi connectivity index (χ1v) is 33.0. The van der Waals surface area contributed by atoms with Crippen molar-refractivity contribution in [3.05, 3.63) is 233 Å². The van der Waals surface area contributed by atoms with Gasteiger partial charge < -0.3 is 55.5 Å². The quantitative estimate of drug-likeness (QED) is 0.0560. The fourth-order valence-corrected chi connectivity index (χ4v) is 13.4. The molecule has 8 aromatic heterocycles. The Labute approximate surface area is 591 Å². The van der Waals surface area contributed by atoms with Crippen molar-refractivity contribution in [3.63, 3.8) is 0 Å². The fraction of sp³-hybridized carbons (Fsp3) is 0.200. The van der Waals surface area contributed by atoms with Gasteiger partial charge in [0.25, 0.3) is 0 Å².